The number of nitrogens with two attached hydrogens (primary N) is 1. The van der Waals surface area contributed by atoms with E-state index in [9.17, 15) is 74.1 Å². The van der Waals surface area contributed by atoms with Crippen molar-refractivity contribution in [3.05, 3.63) is 99.1 Å². The normalized spacial score (nSPS) is 17.7. The van der Waals surface area contributed by atoms with E-state index in [0.29, 0.717) is 19.8 Å². The Kier molecular flexibility index (Phi) is 23.8. The van der Waals surface area contributed by atoms with Crippen LogP contribution in [0.2, 0.25) is 0 Å². The maximum Gasteiger partial charge on any atom is 0.255 e. The molecule has 17 N–H and O–H groups in total. The molecule has 4 aromatic carbocycles. The van der Waals surface area contributed by atoms with Crippen molar-refractivity contribution in [3.63, 3.8) is 0 Å². The van der Waals surface area contributed by atoms with Crippen LogP contribution in [0.3, 0.4) is 0 Å². The zero-order valence-corrected chi connectivity index (χ0v) is 45.4. The van der Waals surface area contributed by atoms with Crippen molar-refractivity contribution in [3.8, 4) is 40.2 Å². The Bertz CT molecular complexity index is 2900. The number of hydrogen-bond donors (Lipinski definition) is 16. The first-order valence-corrected chi connectivity index (χ1v) is 26.7. The van der Waals surface area contributed by atoms with Gasteiger partial charge in [-0.05, 0) is 48.5 Å². The molecule has 10 aliphatic heterocycles. The van der Waals surface area contributed by atoms with Gasteiger partial charge in [-0.15, -0.1) is 0 Å². The summed E-state index contributed by atoms with van der Waals surface area (Å²) in [7, 11) is 0. The van der Waals surface area contributed by atoms with Crippen LogP contribution >= 0.6 is 0 Å². The SMILES string of the molecule is NCCOCCOCCNC(=O)c1cccc(C(=O)NCCN2CCNC(=O)c3ccc(c(O)c3O)C(=O)NCCN3CCNC(=O)c4ccc(c(O)c4O)C(=O)NCCN(CCNC(=O)c4ccc(c(O)c4O)C(=O)NCC3)CC2)c1O. The zero-order chi connectivity index (χ0) is 60.0. The Morgan fingerprint density at radius 3 is 1.07 bits per heavy atom. The number of para-hydroxylation sites is 1. The van der Waals surface area contributed by atoms with Gasteiger partial charge < -0.3 is 93.5 Å². The van der Waals surface area contributed by atoms with Crippen LogP contribution in [0.1, 0.15) is 82.9 Å². The summed E-state index contributed by atoms with van der Waals surface area (Å²) in [5.74, 6) is -12.2. The number of ether oxygens (including phenoxy) is 2. The Hall–Kier alpha value is -9.00. The third-order valence-corrected chi connectivity index (χ3v) is 13.3. The molecule has 29 heteroatoms. The molecular formula is C54H70N12O17. The highest BCUT2D eigenvalue weighted by molar-refractivity contribution is 6.06. The molecular weight excluding hydrogens is 1090 g/mol. The predicted molar refractivity (Wildman–Crippen MR) is 296 cm³/mol. The minimum Gasteiger partial charge on any atom is -0.506 e. The second-order valence-electron chi connectivity index (χ2n) is 18.9. The van der Waals surface area contributed by atoms with Crippen LogP contribution in [0, 0.1) is 0 Å². The monoisotopic (exact) mass is 1160 g/mol. The van der Waals surface area contributed by atoms with Gasteiger partial charge in [-0.1, -0.05) is 6.07 Å². The number of nitrogens with one attached hydrogen (secondary N) is 8. The van der Waals surface area contributed by atoms with Gasteiger partial charge >= 0.3 is 0 Å². The first-order valence-electron chi connectivity index (χ1n) is 26.7. The van der Waals surface area contributed by atoms with E-state index < -0.39 is 87.5 Å². The predicted octanol–water partition coefficient (Wildman–Crippen LogP) is -2.51. The smallest absolute Gasteiger partial charge is 0.255 e. The van der Waals surface area contributed by atoms with Crippen molar-refractivity contribution in [1.82, 2.24) is 57.2 Å². The summed E-state index contributed by atoms with van der Waals surface area (Å²) < 4.78 is 10.7. The lowest BCUT2D eigenvalue weighted by Gasteiger charge is -2.28. The molecule has 0 fully saturated rings. The van der Waals surface area contributed by atoms with Gasteiger partial charge in [-0.25, -0.2) is 0 Å². The van der Waals surface area contributed by atoms with E-state index in [1.807, 2.05) is 0 Å². The van der Waals surface area contributed by atoms with Gasteiger partial charge in [-0.2, -0.15) is 0 Å². The van der Waals surface area contributed by atoms with E-state index in [2.05, 4.69) is 42.5 Å². The lowest BCUT2D eigenvalue weighted by Crippen LogP contribution is -2.45. The minimum absolute atomic E-state index is 0.0423. The van der Waals surface area contributed by atoms with Crippen molar-refractivity contribution >= 4 is 47.3 Å². The molecule has 0 saturated carbocycles. The van der Waals surface area contributed by atoms with Gasteiger partial charge in [0.15, 0.2) is 34.5 Å². The quantitative estimate of drug-likeness (QED) is 0.0486. The molecule has 0 saturated heterocycles. The van der Waals surface area contributed by atoms with Crippen molar-refractivity contribution in [2.75, 3.05) is 144 Å². The van der Waals surface area contributed by atoms with E-state index in [0.717, 1.165) is 36.4 Å². The maximum absolute atomic E-state index is 13.6. The highest BCUT2D eigenvalue weighted by Crippen LogP contribution is 2.35. The molecule has 14 rings (SSSR count). The van der Waals surface area contributed by atoms with Crippen molar-refractivity contribution in [2.45, 2.75) is 0 Å². The highest BCUT2D eigenvalue weighted by Gasteiger charge is 2.26. The molecule has 29 nitrogen and oxygen atoms in total. The molecule has 4 aromatic rings. The van der Waals surface area contributed by atoms with Crippen LogP contribution in [0.4, 0.5) is 0 Å². The fourth-order valence-corrected chi connectivity index (χ4v) is 8.73. The molecule has 448 valence electrons. The Morgan fingerprint density at radius 2 is 0.723 bits per heavy atom. The van der Waals surface area contributed by atoms with Crippen LogP contribution in [0.5, 0.6) is 40.2 Å². The summed E-state index contributed by atoms with van der Waals surface area (Å²) in [5.41, 5.74) is 2.85. The van der Waals surface area contributed by atoms with Gasteiger partial charge in [-0.3, -0.25) is 53.1 Å². The van der Waals surface area contributed by atoms with Crippen LogP contribution in [0.15, 0.2) is 54.6 Å². The summed E-state index contributed by atoms with van der Waals surface area (Å²) in [6.07, 6.45) is 0. The van der Waals surface area contributed by atoms with Gasteiger partial charge in [0.1, 0.15) is 5.75 Å². The molecule has 0 radical (unpaired) electrons. The molecule has 0 unspecified atom stereocenters. The number of hydrogen-bond acceptors (Lipinski definition) is 21. The molecule has 83 heavy (non-hydrogen) atoms. The minimum atomic E-state index is -0.886. The number of carbonyl (C=O) groups is 8. The summed E-state index contributed by atoms with van der Waals surface area (Å²) in [6.45, 7) is 1.69. The highest BCUT2D eigenvalue weighted by atomic mass is 16.5. The maximum atomic E-state index is 13.6. The van der Waals surface area contributed by atoms with Crippen molar-refractivity contribution < 1.29 is 83.6 Å². The van der Waals surface area contributed by atoms with E-state index >= 15 is 0 Å². The second-order valence-corrected chi connectivity index (χ2v) is 18.9. The first kappa shape index (κ1) is 63.2. The topological polar surface area (TPSA) is 429 Å². The number of phenols is 7. The second kappa shape index (κ2) is 31.3. The number of aromatic hydroxyl groups is 7. The number of amides is 8. The van der Waals surface area contributed by atoms with E-state index in [1.165, 1.54) is 18.2 Å². The Balaban J connectivity index is 1.27. The third kappa shape index (κ3) is 17.5. The average Bonchev–Trinajstić information content (AvgIpc) is 3.47. The van der Waals surface area contributed by atoms with Gasteiger partial charge in [0, 0.05) is 118 Å². The third-order valence-electron chi connectivity index (χ3n) is 13.3. The van der Waals surface area contributed by atoms with E-state index in [-0.39, 0.29) is 169 Å². The zero-order valence-electron chi connectivity index (χ0n) is 45.4. The number of carbonyl (C=O) groups excluding carboxylic acids is 8. The molecule has 0 aliphatic carbocycles. The summed E-state index contributed by atoms with van der Waals surface area (Å²) in [6, 6.07) is 11.0. The number of phenolic OH excluding ortho intramolecular Hbond substituents is 7. The van der Waals surface area contributed by atoms with Gasteiger partial charge in [0.25, 0.3) is 47.3 Å². The molecule has 8 bridgehead atoms. The lowest BCUT2D eigenvalue weighted by molar-refractivity contribution is 0.0511. The largest absolute Gasteiger partial charge is 0.506 e. The first-order chi connectivity index (χ1) is 39.9. The summed E-state index contributed by atoms with van der Waals surface area (Å²) in [5, 5.41) is 98.0. The number of nitrogens with zero attached hydrogens (tertiary/aromatic N) is 3. The molecule has 0 aromatic heterocycles. The van der Waals surface area contributed by atoms with Crippen LogP contribution in [-0.2, 0) is 9.47 Å². The van der Waals surface area contributed by atoms with Gasteiger partial charge in [0.05, 0.1) is 70.9 Å². The van der Waals surface area contributed by atoms with Crippen molar-refractivity contribution in [2.24, 2.45) is 5.73 Å². The van der Waals surface area contributed by atoms with Crippen LogP contribution in [0.25, 0.3) is 0 Å². The Morgan fingerprint density at radius 1 is 0.410 bits per heavy atom. The molecule has 0 spiro atoms. The number of benzene rings is 4. The molecule has 10 heterocycles. The molecule has 10 aliphatic rings. The lowest BCUT2D eigenvalue weighted by atomic mass is 10.1. The van der Waals surface area contributed by atoms with Gasteiger partial charge in [0.2, 0.25) is 0 Å². The van der Waals surface area contributed by atoms with Crippen molar-refractivity contribution in [1.29, 1.82) is 0 Å². The summed E-state index contributed by atoms with van der Waals surface area (Å²) in [4.78, 5) is 112. The van der Waals surface area contributed by atoms with Crippen LogP contribution in [-0.4, -0.2) is 242 Å². The van der Waals surface area contributed by atoms with Crippen LogP contribution < -0.4 is 48.3 Å². The fourth-order valence-electron chi connectivity index (χ4n) is 8.73. The number of rotatable bonds is 13. The molecule has 0 atom stereocenters. The fraction of sp³-hybridized carbons (Fsp3) is 0.407. The average molecular weight is 1160 g/mol. The molecule has 8 amide bonds. The van der Waals surface area contributed by atoms with E-state index in [1.54, 1.807) is 14.7 Å². The summed E-state index contributed by atoms with van der Waals surface area (Å²) >= 11 is 0. The Labute approximate surface area is 476 Å². The van der Waals surface area contributed by atoms with E-state index in [4.69, 9.17) is 15.2 Å². The standard InChI is InChI=1S/C54H70N12O17/c55-10-28-82-30-31-83-29-18-63-48(75)33-3-1-2-32(40(33)67)47(74)56-14-22-65-23-15-60-52(79)37-7-4-34(41(68)44(37)71)49(76)57-11-19-64-20-12-58-50(77)35-5-8-38(45(72)42(35)69)53(80)61-16-24-66(27-26-65)25-17-62-54(81)39-9-6-36(43(70)46(39)73)51(78)59-13-21-64/h1-9,67-73H,10-31,55H2,(H,56,74)(H,57,76)(H,58,77)(H,59,78)(H,60,79)(H,61,80)(H,62,81)(H,63,75).